The van der Waals surface area contributed by atoms with Crippen molar-refractivity contribution in [3.63, 3.8) is 0 Å². The zero-order valence-electron chi connectivity index (χ0n) is 12.8. The molecule has 9 heteroatoms. The normalized spacial score (nSPS) is 18.6. The number of nitrogens with zero attached hydrogens (tertiary/aromatic N) is 4. The summed E-state index contributed by atoms with van der Waals surface area (Å²) in [5.41, 5.74) is -0.306. The third-order valence-electron chi connectivity index (χ3n) is 4.17. The SMILES string of the molecule is O=C(N1CCCCC1Cc1nn[nH]n1)C(F)(F)c1ccc(Br)cc1. The van der Waals surface area contributed by atoms with Crippen LogP contribution in [0.2, 0.25) is 0 Å². The topological polar surface area (TPSA) is 74.8 Å². The van der Waals surface area contributed by atoms with Gasteiger partial charge in [-0.05, 0) is 31.4 Å². The highest BCUT2D eigenvalue weighted by molar-refractivity contribution is 9.10. The molecule has 1 atom stereocenters. The van der Waals surface area contributed by atoms with E-state index in [1.54, 1.807) is 0 Å². The van der Waals surface area contributed by atoms with Gasteiger partial charge in [-0.1, -0.05) is 33.3 Å². The van der Waals surface area contributed by atoms with Crippen LogP contribution in [0.4, 0.5) is 8.78 Å². The third kappa shape index (κ3) is 3.45. The van der Waals surface area contributed by atoms with E-state index in [0.29, 0.717) is 36.1 Å². The Morgan fingerprint density at radius 3 is 2.75 bits per heavy atom. The van der Waals surface area contributed by atoms with Crippen molar-refractivity contribution < 1.29 is 13.6 Å². The molecular weight excluding hydrogens is 384 g/mol. The minimum atomic E-state index is -3.56. The Kier molecular flexibility index (Phi) is 4.88. The average Bonchev–Trinajstić information content (AvgIpc) is 3.08. The van der Waals surface area contributed by atoms with E-state index in [9.17, 15) is 13.6 Å². The van der Waals surface area contributed by atoms with Crippen molar-refractivity contribution in [2.45, 2.75) is 37.6 Å². The second kappa shape index (κ2) is 6.92. The summed E-state index contributed by atoms with van der Waals surface area (Å²) in [6.07, 6.45) is 2.57. The van der Waals surface area contributed by atoms with E-state index in [1.165, 1.54) is 29.2 Å². The second-order valence-electron chi connectivity index (χ2n) is 5.76. The number of aromatic nitrogens is 4. The Bertz CT molecular complexity index is 692. The molecule has 1 aromatic carbocycles. The summed E-state index contributed by atoms with van der Waals surface area (Å²) >= 11 is 3.21. The number of hydrogen-bond donors (Lipinski definition) is 1. The van der Waals surface area contributed by atoms with Gasteiger partial charge in [0.15, 0.2) is 5.82 Å². The number of rotatable bonds is 4. The summed E-state index contributed by atoms with van der Waals surface area (Å²) in [4.78, 5) is 13.8. The lowest BCUT2D eigenvalue weighted by molar-refractivity contribution is -0.163. The molecule has 0 aliphatic carbocycles. The van der Waals surface area contributed by atoms with E-state index in [-0.39, 0.29) is 11.6 Å². The van der Waals surface area contributed by atoms with Crippen molar-refractivity contribution >= 4 is 21.8 Å². The molecule has 2 heterocycles. The number of piperidine rings is 1. The molecule has 1 amide bonds. The van der Waals surface area contributed by atoms with Gasteiger partial charge in [0.05, 0.1) is 0 Å². The lowest BCUT2D eigenvalue weighted by Crippen LogP contribution is -2.50. The van der Waals surface area contributed by atoms with Crippen LogP contribution in [0, 0.1) is 0 Å². The van der Waals surface area contributed by atoms with Crippen LogP contribution >= 0.6 is 15.9 Å². The lowest BCUT2D eigenvalue weighted by Gasteiger charge is -2.37. The van der Waals surface area contributed by atoms with Crippen LogP contribution in [-0.2, 0) is 17.1 Å². The Morgan fingerprint density at radius 2 is 2.08 bits per heavy atom. The predicted molar refractivity (Wildman–Crippen MR) is 85.3 cm³/mol. The molecule has 0 spiro atoms. The number of alkyl halides is 2. The number of aromatic amines is 1. The van der Waals surface area contributed by atoms with Gasteiger partial charge in [0, 0.05) is 29.0 Å². The summed E-state index contributed by atoms with van der Waals surface area (Å²) in [5, 5.41) is 13.5. The molecule has 128 valence electrons. The highest BCUT2D eigenvalue weighted by atomic mass is 79.9. The number of H-pyrrole nitrogens is 1. The molecule has 1 unspecified atom stereocenters. The van der Waals surface area contributed by atoms with E-state index < -0.39 is 11.8 Å². The Labute approximate surface area is 145 Å². The fraction of sp³-hybridized carbons (Fsp3) is 0.467. The summed E-state index contributed by atoms with van der Waals surface area (Å²) in [6, 6.07) is 5.19. The maximum absolute atomic E-state index is 14.7. The van der Waals surface area contributed by atoms with Gasteiger partial charge in [0.1, 0.15) is 0 Å². The smallest absolute Gasteiger partial charge is 0.334 e. The molecule has 0 radical (unpaired) electrons. The van der Waals surface area contributed by atoms with Crippen molar-refractivity contribution in [1.82, 2.24) is 25.5 Å². The van der Waals surface area contributed by atoms with Gasteiger partial charge in [-0.15, -0.1) is 10.2 Å². The maximum Gasteiger partial charge on any atom is 0.349 e. The molecule has 1 aromatic heterocycles. The third-order valence-corrected chi connectivity index (χ3v) is 4.70. The van der Waals surface area contributed by atoms with Crippen molar-refractivity contribution in [2.75, 3.05) is 6.54 Å². The number of likely N-dealkylation sites (tertiary alicyclic amines) is 1. The number of tetrazole rings is 1. The summed E-state index contributed by atoms with van der Waals surface area (Å²) in [5.74, 6) is -4.31. The molecule has 3 rings (SSSR count). The predicted octanol–water partition coefficient (Wildman–Crippen LogP) is 2.68. The maximum atomic E-state index is 14.7. The van der Waals surface area contributed by atoms with Crippen molar-refractivity contribution in [3.05, 3.63) is 40.1 Å². The van der Waals surface area contributed by atoms with Crippen LogP contribution in [0.3, 0.4) is 0 Å². The number of amides is 1. The van der Waals surface area contributed by atoms with E-state index >= 15 is 0 Å². The number of benzene rings is 1. The zero-order chi connectivity index (χ0) is 17.2. The van der Waals surface area contributed by atoms with Gasteiger partial charge < -0.3 is 4.90 Å². The van der Waals surface area contributed by atoms with E-state index in [1.807, 2.05) is 0 Å². The minimum absolute atomic E-state index is 0.306. The first-order valence-electron chi connectivity index (χ1n) is 7.65. The molecule has 1 aliphatic rings. The Balaban J connectivity index is 1.81. The van der Waals surface area contributed by atoms with Crippen LogP contribution in [-0.4, -0.2) is 44.0 Å². The van der Waals surface area contributed by atoms with E-state index in [2.05, 4.69) is 36.6 Å². The molecule has 0 saturated carbocycles. The van der Waals surface area contributed by atoms with Crippen LogP contribution in [0.5, 0.6) is 0 Å². The molecule has 1 N–H and O–H groups in total. The largest absolute Gasteiger partial charge is 0.349 e. The Morgan fingerprint density at radius 1 is 1.33 bits per heavy atom. The first-order chi connectivity index (χ1) is 11.5. The highest BCUT2D eigenvalue weighted by Gasteiger charge is 2.46. The zero-order valence-corrected chi connectivity index (χ0v) is 14.3. The summed E-state index contributed by atoms with van der Waals surface area (Å²) in [7, 11) is 0. The molecule has 24 heavy (non-hydrogen) atoms. The first-order valence-corrected chi connectivity index (χ1v) is 8.45. The number of nitrogens with one attached hydrogen (secondary N) is 1. The van der Waals surface area contributed by atoms with Gasteiger partial charge in [0.2, 0.25) is 0 Å². The molecule has 1 saturated heterocycles. The highest BCUT2D eigenvalue weighted by Crippen LogP contribution is 2.34. The number of hydrogen-bond acceptors (Lipinski definition) is 4. The molecule has 2 aromatic rings. The van der Waals surface area contributed by atoms with E-state index in [4.69, 9.17) is 0 Å². The van der Waals surface area contributed by atoms with Crippen LogP contribution < -0.4 is 0 Å². The van der Waals surface area contributed by atoms with Gasteiger partial charge in [0.25, 0.3) is 5.91 Å². The van der Waals surface area contributed by atoms with Crippen LogP contribution in [0.15, 0.2) is 28.7 Å². The van der Waals surface area contributed by atoms with Crippen molar-refractivity contribution in [2.24, 2.45) is 0 Å². The summed E-state index contributed by atoms with van der Waals surface area (Å²) in [6.45, 7) is 0.313. The standard InChI is InChI=1S/C15H16BrF2N5O/c16-11-6-4-10(5-7-11)15(17,18)14(24)23-8-2-1-3-12(23)9-13-19-21-22-20-13/h4-7,12H,1-3,8-9H2,(H,19,20,21,22). The molecule has 1 aliphatic heterocycles. The molecular formula is C15H16BrF2N5O. The lowest BCUT2D eigenvalue weighted by atomic mass is 9.97. The Hall–Kier alpha value is -1.90. The van der Waals surface area contributed by atoms with Gasteiger partial charge in [-0.3, -0.25) is 4.79 Å². The second-order valence-corrected chi connectivity index (χ2v) is 6.68. The van der Waals surface area contributed by atoms with Crippen molar-refractivity contribution in [3.8, 4) is 0 Å². The number of carbonyl (C=O) groups is 1. The monoisotopic (exact) mass is 399 g/mol. The van der Waals surface area contributed by atoms with Gasteiger partial charge in [-0.2, -0.15) is 14.0 Å². The fourth-order valence-corrected chi connectivity index (χ4v) is 3.19. The molecule has 0 bridgehead atoms. The first kappa shape index (κ1) is 16.9. The van der Waals surface area contributed by atoms with E-state index in [0.717, 1.165) is 6.42 Å². The quantitative estimate of drug-likeness (QED) is 0.857. The van der Waals surface area contributed by atoms with Crippen LogP contribution in [0.25, 0.3) is 0 Å². The fourth-order valence-electron chi connectivity index (χ4n) is 2.92. The number of halogens is 3. The molecule has 1 fully saturated rings. The molecule has 6 nitrogen and oxygen atoms in total. The van der Waals surface area contributed by atoms with Gasteiger partial charge in [-0.25, -0.2) is 0 Å². The van der Waals surface area contributed by atoms with Crippen LogP contribution in [0.1, 0.15) is 30.7 Å². The number of carbonyl (C=O) groups excluding carboxylic acids is 1. The average molecular weight is 400 g/mol. The van der Waals surface area contributed by atoms with Gasteiger partial charge >= 0.3 is 5.92 Å². The van der Waals surface area contributed by atoms with Crippen molar-refractivity contribution in [1.29, 1.82) is 0 Å². The minimum Gasteiger partial charge on any atom is -0.334 e. The summed E-state index contributed by atoms with van der Waals surface area (Å²) < 4.78 is 30.0.